The lowest BCUT2D eigenvalue weighted by Gasteiger charge is -2.10. The molecule has 2 heterocycles. The Morgan fingerprint density at radius 2 is 1.86 bits per heavy atom. The zero-order valence-electron chi connectivity index (χ0n) is 11.9. The van der Waals surface area contributed by atoms with Gasteiger partial charge in [-0.05, 0) is 20.9 Å². The van der Waals surface area contributed by atoms with Crippen LogP contribution in [0.15, 0.2) is 18.6 Å². The minimum absolute atomic E-state index is 0.119. The van der Waals surface area contributed by atoms with Gasteiger partial charge < -0.3 is 9.88 Å². The maximum absolute atomic E-state index is 12.8. The maximum atomic E-state index is 12.8. The number of aromatic nitrogens is 4. The van der Waals surface area contributed by atoms with Crippen molar-refractivity contribution < 1.29 is 13.2 Å². The number of hydrogen-bond acceptors (Lipinski definition) is 4. The van der Waals surface area contributed by atoms with Gasteiger partial charge in [0.05, 0.1) is 0 Å². The van der Waals surface area contributed by atoms with Crippen LogP contribution in [0, 0.1) is 0 Å². The van der Waals surface area contributed by atoms with Crippen molar-refractivity contribution >= 4 is 0 Å². The minimum Gasteiger partial charge on any atom is -0.325 e. The highest BCUT2D eigenvalue weighted by Gasteiger charge is 2.35. The van der Waals surface area contributed by atoms with E-state index < -0.39 is 11.9 Å². The molecule has 21 heavy (non-hydrogen) atoms. The van der Waals surface area contributed by atoms with E-state index in [4.69, 9.17) is 0 Å². The highest BCUT2D eigenvalue weighted by molar-refractivity contribution is 5.45. The van der Waals surface area contributed by atoms with E-state index in [1.165, 1.54) is 4.57 Å². The zero-order valence-corrected chi connectivity index (χ0v) is 11.9. The van der Waals surface area contributed by atoms with Crippen LogP contribution in [0.4, 0.5) is 13.2 Å². The fourth-order valence-corrected chi connectivity index (χ4v) is 1.85. The molecule has 2 rings (SSSR count). The van der Waals surface area contributed by atoms with Crippen LogP contribution in [-0.4, -0.2) is 26.6 Å². The average Bonchev–Trinajstić information content (AvgIpc) is 2.85. The van der Waals surface area contributed by atoms with Crippen molar-refractivity contribution in [3.05, 3.63) is 29.8 Å². The molecule has 0 radical (unpaired) electrons. The molecule has 0 unspecified atom stereocenters. The lowest BCUT2D eigenvalue weighted by atomic mass is 10.3. The van der Waals surface area contributed by atoms with E-state index in [1.54, 1.807) is 33.3 Å². The number of hydrogen-bond donors (Lipinski definition) is 1. The van der Waals surface area contributed by atoms with Crippen LogP contribution in [0.25, 0.3) is 11.6 Å². The van der Waals surface area contributed by atoms with Crippen LogP contribution < -0.4 is 5.32 Å². The standard InChI is InChI=1S/C13H16F3N5/c1-8(2)21-7-10(13(14,15)16)20-12(21)11-18-5-9(4-17-3)6-19-11/h5-8,17H,4H2,1-3H3. The highest BCUT2D eigenvalue weighted by Crippen LogP contribution is 2.31. The Balaban J connectivity index is 2.44. The molecular weight excluding hydrogens is 283 g/mol. The lowest BCUT2D eigenvalue weighted by Crippen LogP contribution is -2.07. The molecule has 1 N–H and O–H groups in total. The lowest BCUT2D eigenvalue weighted by molar-refractivity contribution is -0.140. The van der Waals surface area contributed by atoms with E-state index in [-0.39, 0.29) is 17.7 Å². The van der Waals surface area contributed by atoms with Crippen molar-refractivity contribution in [2.75, 3.05) is 7.05 Å². The molecule has 2 aromatic rings. The molecule has 0 fully saturated rings. The summed E-state index contributed by atoms with van der Waals surface area (Å²) in [5.74, 6) is 0.299. The number of nitrogens with one attached hydrogen (secondary N) is 1. The van der Waals surface area contributed by atoms with Gasteiger partial charge in [0.1, 0.15) is 0 Å². The third-order valence-electron chi connectivity index (χ3n) is 2.87. The van der Waals surface area contributed by atoms with Gasteiger partial charge in [0.25, 0.3) is 0 Å². The number of nitrogens with zero attached hydrogens (tertiary/aromatic N) is 4. The summed E-state index contributed by atoms with van der Waals surface area (Å²) in [4.78, 5) is 11.9. The third-order valence-corrected chi connectivity index (χ3v) is 2.87. The molecule has 114 valence electrons. The van der Waals surface area contributed by atoms with Crippen LogP contribution in [-0.2, 0) is 12.7 Å². The minimum atomic E-state index is -4.49. The van der Waals surface area contributed by atoms with Gasteiger partial charge in [-0.3, -0.25) is 0 Å². The van der Waals surface area contributed by atoms with Crippen LogP contribution in [0.3, 0.4) is 0 Å². The van der Waals surface area contributed by atoms with Gasteiger partial charge >= 0.3 is 6.18 Å². The van der Waals surface area contributed by atoms with Crippen LogP contribution in [0.1, 0.15) is 31.1 Å². The Bertz CT molecular complexity index is 601. The zero-order chi connectivity index (χ0) is 15.6. The molecule has 0 spiro atoms. The fraction of sp³-hybridized carbons (Fsp3) is 0.462. The second-order valence-electron chi connectivity index (χ2n) is 4.89. The number of imidazole rings is 1. The Morgan fingerprint density at radius 3 is 2.33 bits per heavy atom. The summed E-state index contributed by atoms with van der Waals surface area (Å²) in [7, 11) is 1.79. The quantitative estimate of drug-likeness (QED) is 0.943. The number of halogens is 3. The van der Waals surface area contributed by atoms with Gasteiger partial charge in [-0.2, -0.15) is 13.2 Å². The van der Waals surface area contributed by atoms with E-state index in [9.17, 15) is 13.2 Å². The first-order valence-corrected chi connectivity index (χ1v) is 6.45. The Hall–Kier alpha value is -1.96. The normalized spacial score (nSPS) is 12.1. The molecule has 5 nitrogen and oxygen atoms in total. The number of rotatable bonds is 4. The Morgan fingerprint density at radius 1 is 1.24 bits per heavy atom. The topological polar surface area (TPSA) is 55.6 Å². The van der Waals surface area contributed by atoms with Gasteiger partial charge in [0, 0.05) is 36.7 Å². The molecule has 0 saturated heterocycles. The smallest absolute Gasteiger partial charge is 0.325 e. The van der Waals surface area contributed by atoms with Crippen LogP contribution in [0.2, 0.25) is 0 Å². The van der Waals surface area contributed by atoms with Crippen molar-refractivity contribution in [3.8, 4) is 11.6 Å². The SMILES string of the molecule is CNCc1cnc(-c2nc(C(F)(F)F)cn2C(C)C)nc1. The summed E-state index contributed by atoms with van der Waals surface area (Å²) in [5.41, 5.74) is -0.0888. The third kappa shape index (κ3) is 3.38. The second kappa shape index (κ2) is 5.80. The van der Waals surface area contributed by atoms with Crippen molar-refractivity contribution in [3.63, 3.8) is 0 Å². The van der Waals surface area contributed by atoms with E-state index in [0.29, 0.717) is 6.54 Å². The van der Waals surface area contributed by atoms with E-state index in [0.717, 1.165) is 11.8 Å². The fourth-order valence-electron chi connectivity index (χ4n) is 1.85. The summed E-state index contributed by atoms with van der Waals surface area (Å²) in [6, 6.07) is -0.177. The summed E-state index contributed by atoms with van der Waals surface area (Å²) < 4.78 is 39.8. The average molecular weight is 299 g/mol. The van der Waals surface area contributed by atoms with E-state index >= 15 is 0 Å². The molecule has 0 aromatic carbocycles. The number of alkyl halides is 3. The first-order chi connectivity index (χ1) is 9.82. The van der Waals surface area contributed by atoms with Gasteiger partial charge in [-0.25, -0.2) is 15.0 Å². The molecule has 8 heteroatoms. The molecule has 0 atom stereocenters. The summed E-state index contributed by atoms with van der Waals surface area (Å²) in [5, 5.41) is 2.95. The largest absolute Gasteiger partial charge is 0.434 e. The van der Waals surface area contributed by atoms with Crippen molar-refractivity contribution in [2.24, 2.45) is 0 Å². The van der Waals surface area contributed by atoms with Gasteiger partial charge in [-0.15, -0.1) is 0 Å². The molecule has 0 amide bonds. The monoisotopic (exact) mass is 299 g/mol. The molecule has 0 aliphatic heterocycles. The van der Waals surface area contributed by atoms with Gasteiger partial charge in [-0.1, -0.05) is 0 Å². The molecule has 0 aliphatic rings. The van der Waals surface area contributed by atoms with E-state index in [1.807, 2.05) is 0 Å². The summed E-state index contributed by atoms with van der Waals surface area (Å²) in [6.07, 6.45) is -0.345. The predicted molar refractivity (Wildman–Crippen MR) is 71.4 cm³/mol. The molecule has 0 aliphatic carbocycles. The molecular formula is C13H16F3N5. The van der Waals surface area contributed by atoms with Crippen LogP contribution >= 0.6 is 0 Å². The van der Waals surface area contributed by atoms with Crippen LogP contribution in [0.5, 0.6) is 0 Å². The maximum Gasteiger partial charge on any atom is 0.434 e. The van der Waals surface area contributed by atoms with Crippen molar-refractivity contribution in [1.82, 2.24) is 24.8 Å². The Labute approximate surface area is 120 Å². The van der Waals surface area contributed by atoms with Crippen molar-refractivity contribution in [2.45, 2.75) is 32.6 Å². The van der Waals surface area contributed by atoms with Gasteiger partial charge in [0.2, 0.25) is 0 Å². The first kappa shape index (κ1) is 15.4. The Kier molecular flexibility index (Phi) is 4.26. The highest BCUT2D eigenvalue weighted by atomic mass is 19.4. The molecule has 2 aromatic heterocycles. The predicted octanol–water partition coefficient (Wildman–Crippen LogP) is 2.66. The molecule has 0 bridgehead atoms. The van der Waals surface area contributed by atoms with E-state index in [2.05, 4.69) is 20.3 Å². The summed E-state index contributed by atoms with van der Waals surface area (Å²) in [6.45, 7) is 4.15. The van der Waals surface area contributed by atoms with Crippen molar-refractivity contribution in [1.29, 1.82) is 0 Å². The van der Waals surface area contributed by atoms with Gasteiger partial charge in [0.15, 0.2) is 17.3 Å². The summed E-state index contributed by atoms with van der Waals surface area (Å²) >= 11 is 0. The second-order valence-corrected chi connectivity index (χ2v) is 4.89. The molecule has 0 saturated carbocycles. The first-order valence-electron chi connectivity index (χ1n) is 6.45.